The molecule has 1 saturated carbocycles. The van der Waals surface area contributed by atoms with E-state index in [1.165, 1.54) is 30.5 Å². The highest BCUT2D eigenvalue weighted by Crippen LogP contribution is 2.56. The first kappa shape index (κ1) is 22.0. The van der Waals surface area contributed by atoms with Crippen LogP contribution in [0.4, 0.5) is 0 Å². The number of aryl methyl sites for hydroxylation is 2. The van der Waals surface area contributed by atoms with Crippen LogP contribution in [0.2, 0.25) is 0 Å². The molecule has 1 amide bonds. The monoisotopic (exact) mass is 427 g/mol. The van der Waals surface area contributed by atoms with Crippen LogP contribution in [-0.2, 0) is 13.1 Å². The third-order valence-electron chi connectivity index (χ3n) is 7.42. The van der Waals surface area contributed by atoms with Crippen LogP contribution in [0.15, 0.2) is 6.20 Å². The molecular weight excluding hydrogens is 390 g/mol. The standard InChI is InChI=1S/C23H37N7O/c1-6-29-18(5)19(17(4)26-29)14-28-11-9-23(10-12-28)8-7-21(23)30-15-20(25-27-30)22(31)24-13-16(2)3/h15-16,21H,6-14H2,1-5H3,(H,24,31). The number of amides is 1. The van der Waals surface area contributed by atoms with E-state index in [4.69, 9.17) is 0 Å². The lowest BCUT2D eigenvalue weighted by atomic mass is 9.59. The maximum atomic E-state index is 12.3. The molecule has 2 aromatic heterocycles. The van der Waals surface area contributed by atoms with Gasteiger partial charge in [-0.2, -0.15) is 5.10 Å². The van der Waals surface area contributed by atoms with E-state index < -0.39 is 0 Å². The van der Waals surface area contributed by atoms with Gasteiger partial charge in [-0.05, 0) is 70.9 Å². The van der Waals surface area contributed by atoms with Crippen molar-refractivity contribution in [2.45, 2.75) is 79.4 Å². The fourth-order valence-electron chi connectivity index (χ4n) is 5.25. The van der Waals surface area contributed by atoms with E-state index in [0.29, 0.717) is 29.6 Å². The quantitative estimate of drug-likeness (QED) is 0.734. The maximum Gasteiger partial charge on any atom is 0.273 e. The molecule has 170 valence electrons. The van der Waals surface area contributed by atoms with Crippen LogP contribution in [0.25, 0.3) is 0 Å². The van der Waals surface area contributed by atoms with Gasteiger partial charge in [0.15, 0.2) is 5.69 Å². The van der Waals surface area contributed by atoms with Crippen molar-refractivity contribution in [2.75, 3.05) is 19.6 Å². The predicted molar refractivity (Wildman–Crippen MR) is 120 cm³/mol. The van der Waals surface area contributed by atoms with Crippen molar-refractivity contribution in [3.8, 4) is 0 Å². The van der Waals surface area contributed by atoms with E-state index >= 15 is 0 Å². The van der Waals surface area contributed by atoms with E-state index in [2.05, 4.69) is 64.9 Å². The summed E-state index contributed by atoms with van der Waals surface area (Å²) >= 11 is 0. The van der Waals surface area contributed by atoms with E-state index in [-0.39, 0.29) is 5.91 Å². The van der Waals surface area contributed by atoms with E-state index in [9.17, 15) is 4.79 Å². The van der Waals surface area contributed by atoms with Gasteiger partial charge in [0, 0.05) is 30.9 Å². The minimum atomic E-state index is -0.124. The topological polar surface area (TPSA) is 80.9 Å². The zero-order valence-corrected chi connectivity index (χ0v) is 19.7. The third kappa shape index (κ3) is 4.27. The molecule has 31 heavy (non-hydrogen) atoms. The average molecular weight is 428 g/mol. The second-order valence-corrected chi connectivity index (χ2v) is 9.85. The summed E-state index contributed by atoms with van der Waals surface area (Å²) in [5, 5.41) is 16.1. The lowest BCUT2D eigenvalue weighted by Gasteiger charge is -2.53. The van der Waals surface area contributed by atoms with E-state index in [0.717, 1.165) is 38.3 Å². The molecule has 1 spiro atoms. The van der Waals surface area contributed by atoms with Crippen LogP contribution in [0.3, 0.4) is 0 Å². The molecule has 3 heterocycles. The molecule has 2 aromatic rings. The number of piperidine rings is 1. The second kappa shape index (κ2) is 8.73. The summed E-state index contributed by atoms with van der Waals surface area (Å²) in [6, 6.07) is 0.361. The first-order chi connectivity index (χ1) is 14.8. The Kier molecular flexibility index (Phi) is 6.19. The van der Waals surface area contributed by atoms with Gasteiger partial charge < -0.3 is 5.32 Å². The minimum absolute atomic E-state index is 0.124. The molecule has 1 aliphatic heterocycles. The van der Waals surface area contributed by atoms with Gasteiger partial charge in [0.25, 0.3) is 5.91 Å². The van der Waals surface area contributed by atoms with Crippen molar-refractivity contribution in [2.24, 2.45) is 11.3 Å². The Morgan fingerprint density at radius 3 is 2.58 bits per heavy atom. The van der Waals surface area contributed by atoms with Crippen LogP contribution in [-0.4, -0.2) is 55.2 Å². The Balaban J connectivity index is 1.36. The largest absolute Gasteiger partial charge is 0.350 e. The number of carbonyl (C=O) groups excluding carboxylic acids is 1. The summed E-state index contributed by atoms with van der Waals surface area (Å²) in [4.78, 5) is 14.9. The van der Waals surface area contributed by atoms with Crippen LogP contribution < -0.4 is 5.32 Å². The van der Waals surface area contributed by atoms with Crippen molar-refractivity contribution >= 4 is 5.91 Å². The Bertz CT molecular complexity index is 921. The smallest absolute Gasteiger partial charge is 0.273 e. The molecule has 1 unspecified atom stereocenters. The fraction of sp³-hybridized carbons (Fsp3) is 0.739. The number of aromatic nitrogens is 5. The summed E-state index contributed by atoms with van der Waals surface area (Å²) < 4.78 is 4.07. The van der Waals surface area contributed by atoms with Gasteiger partial charge in [-0.1, -0.05) is 19.1 Å². The third-order valence-corrected chi connectivity index (χ3v) is 7.42. The maximum absolute atomic E-state index is 12.3. The predicted octanol–water partition coefficient (Wildman–Crippen LogP) is 3.11. The molecule has 1 aliphatic carbocycles. The number of nitrogens with one attached hydrogen (secondary N) is 1. The number of carbonyl (C=O) groups is 1. The summed E-state index contributed by atoms with van der Waals surface area (Å²) in [6.45, 7) is 15.4. The van der Waals surface area contributed by atoms with Crippen molar-refractivity contribution in [3.05, 3.63) is 28.8 Å². The lowest BCUT2D eigenvalue weighted by molar-refractivity contribution is -0.0334. The molecule has 0 bridgehead atoms. The molecule has 4 rings (SSSR count). The number of nitrogens with zero attached hydrogens (tertiary/aromatic N) is 6. The zero-order chi connectivity index (χ0) is 22.2. The lowest BCUT2D eigenvalue weighted by Crippen LogP contribution is -2.49. The molecule has 1 N–H and O–H groups in total. The SMILES string of the molecule is CCn1nc(C)c(CN2CCC3(CCC3n3cc(C(=O)NCC(C)C)nn3)CC2)c1C. The fourth-order valence-corrected chi connectivity index (χ4v) is 5.25. The van der Waals surface area contributed by atoms with Crippen LogP contribution in [0, 0.1) is 25.2 Å². The second-order valence-electron chi connectivity index (χ2n) is 9.85. The van der Waals surface area contributed by atoms with Gasteiger partial charge >= 0.3 is 0 Å². The number of rotatable bonds is 7. The highest BCUT2D eigenvalue weighted by molar-refractivity contribution is 5.91. The number of hydrogen-bond donors (Lipinski definition) is 1. The van der Waals surface area contributed by atoms with Gasteiger partial charge in [-0.15, -0.1) is 5.10 Å². The Labute approximate surface area is 185 Å². The molecule has 1 atom stereocenters. The molecule has 0 radical (unpaired) electrons. The normalized spacial score (nSPS) is 20.9. The van der Waals surface area contributed by atoms with E-state index in [1.807, 2.05) is 10.9 Å². The molecule has 0 aromatic carbocycles. The average Bonchev–Trinajstić information content (AvgIpc) is 3.32. The van der Waals surface area contributed by atoms with Crippen molar-refractivity contribution in [1.82, 2.24) is 35.0 Å². The summed E-state index contributed by atoms with van der Waals surface area (Å²) in [5.41, 5.74) is 4.57. The van der Waals surface area contributed by atoms with Gasteiger partial charge in [-0.3, -0.25) is 14.4 Å². The first-order valence-corrected chi connectivity index (χ1v) is 11.8. The van der Waals surface area contributed by atoms with Crippen molar-refractivity contribution in [3.63, 3.8) is 0 Å². The summed E-state index contributed by atoms with van der Waals surface area (Å²) in [5.74, 6) is 0.296. The van der Waals surface area contributed by atoms with Crippen LogP contribution >= 0.6 is 0 Å². The summed E-state index contributed by atoms with van der Waals surface area (Å²) in [6.07, 6.45) is 6.56. The number of likely N-dealkylation sites (tertiary alicyclic amines) is 1. The van der Waals surface area contributed by atoms with Crippen LogP contribution in [0.5, 0.6) is 0 Å². The highest BCUT2D eigenvalue weighted by Gasteiger charge is 2.49. The van der Waals surface area contributed by atoms with Gasteiger partial charge in [0.05, 0.1) is 17.9 Å². The Morgan fingerprint density at radius 2 is 2.00 bits per heavy atom. The Morgan fingerprint density at radius 1 is 1.26 bits per heavy atom. The minimum Gasteiger partial charge on any atom is -0.350 e. The molecule has 2 aliphatic rings. The van der Waals surface area contributed by atoms with E-state index in [1.54, 1.807) is 0 Å². The highest BCUT2D eigenvalue weighted by atomic mass is 16.2. The van der Waals surface area contributed by atoms with Gasteiger partial charge in [-0.25, -0.2) is 4.68 Å². The van der Waals surface area contributed by atoms with Gasteiger partial charge in [0.2, 0.25) is 0 Å². The zero-order valence-electron chi connectivity index (χ0n) is 19.7. The first-order valence-electron chi connectivity index (χ1n) is 11.8. The molecule has 8 nitrogen and oxygen atoms in total. The number of hydrogen-bond acceptors (Lipinski definition) is 5. The molecular formula is C23H37N7O. The molecule has 8 heteroatoms. The molecule has 2 fully saturated rings. The summed E-state index contributed by atoms with van der Waals surface area (Å²) in [7, 11) is 0. The Hall–Kier alpha value is -2.22. The van der Waals surface area contributed by atoms with Crippen LogP contribution in [0.1, 0.15) is 79.9 Å². The van der Waals surface area contributed by atoms with Gasteiger partial charge in [0.1, 0.15) is 0 Å². The van der Waals surface area contributed by atoms with Crippen molar-refractivity contribution in [1.29, 1.82) is 0 Å². The van der Waals surface area contributed by atoms with Crippen molar-refractivity contribution < 1.29 is 4.79 Å². The molecule has 1 saturated heterocycles.